The van der Waals surface area contributed by atoms with Crippen LogP contribution in [0.3, 0.4) is 0 Å². The molecule has 5 nitrogen and oxygen atoms in total. The van der Waals surface area contributed by atoms with E-state index in [1.54, 1.807) is 11.8 Å². The van der Waals surface area contributed by atoms with Crippen molar-refractivity contribution in [2.75, 3.05) is 12.8 Å². The highest BCUT2D eigenvalue weighted by atomic mass is 32.2. The maximum absolute atomic E-state index is 13.6. The fourth-order valence-corrected chi connectivity index (χ4v) is 11.6. The van der Waals surface area contributed by atoms with E-state index in [-0.39, 0.29) is 29.1 Å². The number of ether oxygens (including phenoxy) is 1. The number of quaternary nitrogens is 1. The lowest BCUT2D eigenvalue weighted by atomic mass is 9.44. The average Bonchev–Trinajstić information content (AvgIpc) is 3.31. The Morgan fingerprint density at radius 3 is 2.41 bits per heavy atom. The number of hydrogen-bond acceptors (Lipinski definition) is 5. The number of piperidine rings is 1. The molecule has 2 heterocycles. The van der Waals surface area contributed by atoms with Crippen molar-refractivity contribution in [1.29, 1.82) is 0 Å². The molecule has 0 spiro atoms. The fraction of sp³-hybridized carbons (Fsp3) is 0.879. The molecular weight excluding hydrogens is 506 g/mol. The number of Topliss-reactive ketones (excluding diaryl/α,β-unsaturated/α-hetero) is 1. The van der Waals surface area contributed by atoms with Gasteiger partial charge in [0.1, 0.15) is 11.9 Å². The van der Waals surface area contributed by atoms with Gasteiger partial charge in [0.05, 0.1) is 37.0 Å². The minimum Gasteiger partial charge on any atom is -0.461 e. The number of aliphatic hydroxyl groups excluding tert-OH is 1. The number of thioether (sulfide) groups is 1. The van der Waals surface area contributed by atoms with Crippen LogP contribution in [0.5, 0.6) is 0 Å². The van der Waals surface area contributed by atoms with Crippen LogP contribution in [0.1, 0.15) is 99.3 Å². The van der Waals surface area contributed by atoms with Crippen LogP contribution in [-0.2, 0) is 14.3 Å². The van der Waals surface area contributed by atoms with Crippen LogP contribution < -0.4 is 0 Å². The molecule has 6 heteroatoms. The van der Waals surface area contributed by atoms with Gasteiger partial charge in [0.15, 0.2) is 0 Å². The van der Waals surface area contributed by atoms with Gasteiger partial charge in [0.25, 0.3) is 0 Å². The van der Waals surface area contributed by atoms with Gasteiger partial charge in [-0.25, -0.2) is 0 Å². The molecule has 3 saturated carbocycles. The third-order valence-corrected chi connectivity index (χ3v) is 14.9. The molecule has 4 unspecified atom stereocenters. The molecule has 10 atom stereocenters. The predicted molar refractivity (Wildman–Crippen MR) is 158 cm³/mol. The van der Waals surface area contributed by atoms with Crippen LogP contribution >= 0.6 is 11.8 Å². The molecule has 4 bridgehead atoms. The summed E-state index contributed by atoms with van der Waals surface area (Å²) in [5.41, 5.74) is -1.25. The third kappa shape index (κ3) is 4.31. The van der Waals surface area contributed by atoms with E-state index < -0.39 is 23.0 Å². The number of rotatable bonds is 6. The third-order valence-electron chi connectivity index (χ3n) is 13.6. The van der Waals surface area contributed by atoms with E-state index in [0.717, 1.165) is 19.3 Å². The van der Waals surface area contributed by atoms with Gasteiger partial charge in [-0.05, 0) is 56.8 Å². The Labute approximate surface area is 241 Å². The summed E-state index contributed by atoms with van der Waals surface area (Å²) in [5.74, 6) is 0.605. The number of hydrogen-bond donors (Lipinski definition) is 1. The van der Waals surface area contributed by atoms with Gasteiger partial charge in [0, 0.05) is 54.1 Å². The Bertz CT molecular complexity index is 984. The summed E-state index contributed by atoms with van der Waals surface area (Å²) in [6.07, 6.45) is 9.68. The minimum atomic E-state index is -0.622. The SMILES string of the molecule is C=C[C@]1(C)C[C@@H](OC(=O)CSC2CC3CCC(C2)[N+]3(C)C(C)C)[C@]2(C)C(C)CCC3(CCC(=O)[C@H]32)[C@@H](C)[C@@H]1O. The zero-order valence-corrected chi connectivity index (χ0v) is 26.4. The Hall–Kier alpha value is -0.850. The molecule has 3 aliphatic carbocycles. The normalized spacial score (nSPS) is 51.3. The quantitative estimate of drug-likeness (QED) is 0.239. The summed E-state index contributed by atoms with van der Waals surface area (Å²) >= 11 is 1.79. The molecule has 5 rings (SSSR count). The van der Waals surface area contributed by atoms with Gasteiger partial charge in [-0.2, -0.15) is 0 Å². The van der Waals surface area contributed by atoms with Gasteiger partial charge >= 0.3 is 5.97 Å². The van der Waals surface area contributed by atoms with Gasteiger partial charge in [-0.1, -0.05) is 33.8 Å². The van der Waals surface area contributed by atoms with Crippen molar-refractivity contribution >= 4 is 23.5 Å². The second kappa shape index (κ2) is 10.2. The standard InChI is InChI=1S/C33H54NO4S/c1-9-31(6)18-27(32(7)21(4)12-14-33(22(5)30(31)37)15-13-26(35)29(32)33)38-28(36)19-39-25-16-23-10-11-24(17-25)34(23,8)20(2)3/h9,20-25,27,29-30,37H,1,10-19H2,2-8H3/q+1/t21?,22-,23?,24?,25?,27+,29-,30-,31+,32-,33?,34?/m0/s1. The Kier molecular flexibility index (Phi) is 7.72. The highest BCUT2D eigenvalue weighted by Gasteiger charge is 2.68. The summed E-state index contributed by atoms with van der Waals surface area (Å²) < 4.78 is 7.68. The summed E-state index contributed by atoms with van der Waals surface area (Å²) in [4.78, 5) is 27.2. The highest BCUT2D eigenvalue weighted by Crippen LogP contribution is 2.68. The van der Waals surface area contributed by atoms with Crippen molar-refractivity contribution in [2.45, 2.75) is 135 Å². The van der Waals surface area contributed by atoms with Crippen molar-refractivity contribution in [3.8, 4) is 0 Å². The van der Waals surface area contributed by atoms with E-state index in [1.807, 2.05) is 6.08 Å². The number of carbonyl (C=O) groups is 2. The van der Waals surface area contributed by atoms with E-state index in [1.165, 1.54) is 30.2 Å². The molecule has 0 amide bonds. The summed E-state index contributed by atoms with van der Waals surface area (Å²) in [7, 11) is 2.44. The molecular formula is C33H54NO4S+. The lowest BCUT2D eigenvalue weighted by Crippen LogP contribution is -2.63. The largest absolute Gasteiger partial charge is 0.461 e. The zero-order chi connectivity index (χ0) is 28.5. The topological polar surface area (TPSA) is 63.6 Å². The van der Waals surface area contributed by atoms with Crippen molar-refractivity contribution < 1.29 is 23.9 Å². The van der Waals surface area contributed by atoms with Crippen molar-refractivity contribution in [1.82, 2.24) is 0 Å². The summed E-state index contributed by atoms with van der Waals surface area (Å²) in [6, 6.07) is 2.03. The maximum Gasteiger partial charge on any atom is 0.316 e. The predicted octanol–water partition coefficient (Wildman–Crippen LogP) is 6.17. The molecule has 0 aromatic carbocycles. The molecule has 0 aromatic rings. The number of aliphatic hydroxyl groups is 1. The number of esters is 1. The number of nitrogens with zero attached hydrogens (tertiary/aromatic N) is 1. The van der Waals surface area contributed by atoms with Crippen molar-refractivity contribution in [3.05, 3.63) is 12.7 Å². The maximum atomic E-state index is 13.6. The smallest absolute Gasteiger partial charge is 0.316 e. The number of carbonyl (C=O) groups excluding carboxylic acids is 2. The van der Waals surface area contributed by atoms with Crippen LogP contribution in [0.25, 0.3) is 0 Å². The first-order chi connectivity index (χ1) is 18.2. The van der Waals surface area contributed by atoms with Crippen LogP contribution in [0.15, 0.2) is 12.7 Å². The van der Waals surface area contributed by atoms with E-state index in [2.05, 4.69) is 55.2 Å². The van der Waals surface area contributed by atoms with Crippen LogP contribution in [0.2, 0.25) is 0 Å². The molecule has 1 N–H and O–H groups in total. The number of ketones is 1. The Morgan fingerprint density at radius 1 is 1.18 bits per heavy atom. The minimum absolute atomic E-state index is 0.00687. The van der Waals surface area contributed by atoms with Gasteiger partial charge < -0.3 is 14.3 Å². The van der Waals surface area contributed by atoms with E-state index in [0.29, 0.717) is 47.8 Å². The molecule has 2 saturated heterocycles. The lowest BCUT2D eigenvalue weighted by molar-refractivity contribution is -0.966. The molecule has 0 radical (unpaired) electrons. The van der Waals surface area contributed by atoms with E-state index in [9.17, 15) is 14.7 Å². The first-order valence-electron chi connectivity index (χ1n) is 15.7. The molecule has 2 aliphatic heterocycles. The van der Waals surface area contributed by atoms with Gasteiger partial charge in [-0.3, -0.25) is 9.59 Å². The highest BCUT2D eigenvalue weighted by molar-refractivity contribution is 8.00. The second-order valence-corrected chi connectivity index (χ2v) is 16.5. The molecule has 5 aliphatic rings. The molecule has 220 valence electrons. The van der Waals surface area contributed by atoms with Crippen molar-refractivity contribution in [2.24, 2.45) is 34.0 Å². The van der Waals surface area contributed by atoms with Crippen LogP contribution in [0, 0.1) is 34.0 Å². The van der Waals surface area contributed by atoms with E-state index in [4.69, 9.17) is 4.74 Å². The monoisotopic (exact) mass is 560 g/mol. The fourth-order valence-electron chi connectivity index (χ4n) is 10.5. The Morgan fingerprint density at radius 2 is 1.82 bits per heavy atom. The summed E-state index contributed by atoms with van der Waals surface area (Å²) in [5, 5.41) is 12.2. The number of fused-ring (bicyclic) bond motifs is 2. The zero-order valence-electron chi connectivity index (χ0n) is 25.6. The first-order valence-corrected chi connectivity index (χ1v) is 16.8. The lowest BCUT2D eigenvalue weighted by Gasteiger charge is -2.61. The molecule has 5 fully saturated rings. The average molecular weight is 561 g/mol. The van der Waals surface area contributed by atoms with Crippen LogP contribution in [-0.4, -0.2) is 69.7 Å². The Balaban J connectivity index is 1.36. The van der Waals surface area contributed by atoms with Crippen molar-refractivity contribution in [3.63, 3.8) is 0 Å². The van der Waals surface area contributed by atoms with Gasteiger partial charge in [0.2, 0.25) is 0 Å². The molecule has 39 heavy (non-hydrogen) atoms. The molecule has 0 aromatic heterocycles. The second-order valence-electron chi connectivity index (χ2n) is 15.2. The van der Waals surface area contributed by atoms with Gasteiger partial charge in [-0.15, -0.1) is 18.3 Å². The summed E-state index contributed by atoms with van der Waals surface area (Å²) in [6.45, 7) is 17.5. The first kappa shape index (κ1) is 29.6. The van der Waals surface area contributed by atoms with E-state index >= 15 is 0 Å². The van der Waals surface area contributed by atoms with Crippen LogP contribution in [0.4, 0.5) is 0 Å².